The third kappa shape index (κ3) is 4.59. The van der Waals surface area contributed by atoms with Gasteiger partial charge in [0.2, 0.25) is 5.91 Å². The molecule has 0 saturated heterocycles. The zero-order chi connectivity index (χ0) is 21.8. The summed E-state index contributed by atoms with van der Waals surface area (Å²) >= 11 is 5.19. The van der Waals surface area contributed by atoms with Crippen LogP contribution in [0.4, 0.5) is 4.39 Å². The Bertz CT molecular complexity index is 1260. The molecule has 0 aliphatic carbocycles. The van der Waals surface area contributed by atoms with Crippen LogP contribution in [0.1, 0.15) is 24.7 Å². The van der Waals surface area contributed by atoms with Crippen molar-refractivity contribution in [2.75, 3.05) is 6.54 Å². The Kier molecular flexibility index (Phi) is 6.27. The van der Waals surface area contributed by atoms with E-state index in [2.05, 4.69) is 20.5 Å². The number of nitrogens with one attached hydrogen (secondary N) is 3. The molecule has 0 spiro atoms. The van der Waals surface area contributed by atoms with Crippen LogP contribution in [-0.2, 0) is 24.2 Å². The van der Waals surface area contributed by atoms with Gasteiger partial charge in [0.15, 0.2) is 4.77 Å². The van der Waals surface area contributed by atoms with Crippen molar-refractivity contribution in [3.63, 3.8) is 0 Å². The quantitative estimate of drug-likeness (QED) is 0.354. The van der Waals surface area contributed by atoms with Crippen molar-refractivity contribution in [3.05, 3.63) is 70.5 Å². The molecule has 0 aliphatic rings. The fourth-order valence-corrected chi connectivity index (χ4v) is 4.12. The van der Waals surface area contributed by atoms with E-state index in [4.69, 9.17) is 12.2 Å². The lowest BCUT2D eigenvalue weighted by molar-refractivity contribution is -0.121. The van der Waals surface area contributed by atoms with E-state index < -0.39 is 0 Å². The Labute approximate surface area is 184 Å². The lowest BCUT2D eigenvalue weighted by Crippen LogP contribution is -2.26. The molecule has 0 aliphatic heterocycles. The summed E-state index contributed by atoms with van der Waals surface area (Å²) in [6.45, 7) is 3.21. The summed E-state index contributed by atoms with van der Waals surface area (Å²) in [7, 11) is 0. The summed E-state index contributed by atoms with van der Waals surface area (Å²) in [5.41, 5.74) is 3.74. The summed E-state index contributed by atoms with van der Waals surface area (Å²) < 4.78 is 16.4. The molecule has 3 N–H and O–H groups in total. The molecule has 160 valence electrons. The van der Waals surface area contributed by atoms with Crippen LogP contribution in [0.3, 0.4) is 0 Å². The van der Waals surface area contributed by atoms with Crippen LogP contribution in [0.2, 0.25) is 0 Å². The topological polar surface area (TPSA) is 78.5 Å². The number of carbonyl (C=O) groups excluding carboxylic acids is 1. The van der Waals surface area contributed by atoms with Crippen molar-refractivity contribution >= 4 is 29.0 Å². The second-order valence-electron chi connectivity index (χ2n) is 7.32. The molecule has 4 aromatic rings. The van der Waals surface area contributed by atoms with Gasteiger partial charge in [0.25, 0.3) is 0 Å². The summed E-state index contributed by atoms with van der Waals surface area (Å²) in [5.74, 6) is 0.481. The number of nitrogens with zero attached hydrogens (tertiary/aromatic N) is 2. The highest BCUT2D eigenvalue weighted by Crippen LogP contribution is 2.31. The van der Waals surface area contributed by atoms with Crippen LogP contribution in [-0.4, -0.2) is 32.2 Å². The van der Waals surface area contributed by atoms with Crippen molar-refractivity contribution in [2.24, 2.45) is 0 Å². The molecule has 0 fully saturated rings. The molecule has 8 heteroatoms. The van der Waals surface area contributed by atoms with E-state index in [-0.39, 0.29) is 11.7 Å². The molecular weight excluding hydrogens is 413 g/mol. The largest absolute Gasteiger partial charge is 0.356 e. The number of benzene rings is 2. The van der Waals surface area contributed by atoms with E-state index in [1.165, 1.54) is 12.1 Å². The van der Waals surface area contributed by atoms with Gasteiger partial charge in [-0.05, 0) is 54.9 Å². The van der Waals surface area contributed by atoms with Gasteiger partial charge in [-0.3, -0.25) is 9.89 Å². The van der Waals surface area contributed by atoms with Gasteiger partial charge in [-0.1, -0.05) is 30.3 Å². The van der Waals surface area contributed by atoms with Crippen LogP contribution in [0.5, 0.6) is 0 Å². The van der Waals surface area contributed by atoms with Crippen LogP contribution >= 0.6 is 12.2 Å². The Morgan fingerprint density at radius 2 is 2.00 bits per heavy atom. The number of aromatic amines is 2. The van der Waals surface area contributed by atoms with E-state index in [0.29, 0.717) is 30.6 Å². The summed E-state index contributed by atoms with van der Waals surface area (Å²) in [4.78, 5) is 15.9. The van der Waals surface area contributed by atoms with Gasteiger partial charge >= 0.3 is 0 Å². The number of hydrogen-bond acceptors (Lipinski definition) is 3. The maximum atomic E-state index is 13.9. The summed E-state index contributed by atoms with van der Waals surface area (Å²) in [6, 6.07) is 14.6. The van der Waals surface area contributed by atoms with Gasteiger partial charge < -0.3 is 14.9 Å². The highest BCUT2D eigenvalue weighted by Gasteiger charge is 2.15. The number of amides is 1. The predicted octanol–water partition coefficient (Wildman–Crippen LogP) is 4.54. The van der Waals surface area contributed by atoms with Gasteiger partial charge in [0, 0.05) is 42.5 Å². The maximum Gasteiger partial charge on any atom is 0.220 e. The standard InChI is InChI=1S/C23H24FN5OS/c1-2-29-20(27-28-23(29)31)12-13-25-21(30)11-9-17-18-14-16(24)8-10-19(18)26-22(17)15-6-4-3-5-7-15/h3-8,10,14,26H,2,9,11-13H2,1H3,(H,25,30)(H,28,31). The molecule has 0 radical (unpaired) electrons. The molecule has 0 bridgehead atoms. The summed E-state index contributed by atoms with van der Waals surface area (Å²) in [5, 5.41) is 10.8. The number of fused-ring (bicyclic) bond motifs is 1. The minimum absolute atomic E-state index is 0.0538. The van der Waals surface area contributed by atoms with Gasteiger partial charge in [-0.2, -0.15) is 5.10 Å². The van der Waals surface area contributed by atoms with Crippen molar-refractivity contribution < 1.29 is 9.18 Å². The molecular formula is C23H24FN5OS. The molecule has 31 heavy (non-hydrogen) atoms. The predicted molar refractivity (Wildman–Crippen MR) is 122 cm³/mol. The zero-order valence-corrected chi connectivity index (χ0v) is 18.1. The van der Waals surface area contributed by atoms with Gasteiger partial charge in [-0.15, -0.1) is 0 Å². The average molecular weight is 438 g/mol. The Balaban J connectivity index is 1.46. The molecule has 6 nitrogen and oxygen atoms in total. The van der Waals surface area contributed by atoms with E-state index in [1.807, 2.05) is 41.8 Å². The van der Waals surface area contributed by atoms with E-state index in [9.17, 15) is 9.18 Å². The van der Waals surface area contributed by atoms with E-state index in [0.717, 1.165) is 40.1 Å². The van der Waals surface area contributed by atoms with Crippen LogP contribution in [0, 0.1) is 10.6 Å². The van der Waals surface area contributed by atoms with Crippen molar-refractivity contribution in [2.45, 2.75) is 32.7 Å². The Morgan fingerprint density at radius 1 is 1.19 bits per heavy atom. The second-order valence-corrected chi connectivity index (χ2v) is 7.71. The number of H-pyrrole nitrogens is 2. The number of aromatic nitrogens is 4. The maximum absolute atomic E-state index is 13.9. The second kappa shape index (κ2) is 9.26. The van der Waals surface area contributed by atoms with Gasteiger partial charge in [0.05, 0.1) is 0 Å². The third-order valence-electron chi connectivity index (χ3n) is 5.36. The number of carbonyl (C=O) groups is 1. The Hall–Kier alpha value is -3.26. The first-order chi connectivity index (χ1) is 15.1. The smallest absolute Gasteiger partial charge is 0.220 e. The highest BCUT2D eigenvalue weighted by atomic mass is 32.1. The zero-order valence-electron chi connectivity index (χ0n) is 17.2. The monoisotopic (exact) mass is 437 g/mol. The number of hydrogen-bond donors (Lipinski definition) is 3. The molecule has 2 aromatic heterocycles. The van der Waals surface area contributed by atoms with Gasteiger partial charge in [0.1, 0.15) is 11.6 Å². The van der Waals surface area contributed by atoms with Gasteiger partial charge in [-0.25, -0.2) is 4.39 Å². The first-order valence-electron chi connectivity index (χ1n) is 10.3. The molecule has 4 rings (SSSR count). The van der Waals surface area contributed by atoms with Crippen LogP contribution in [0.25, 0.3) is 22.2 Å². The molecule has 0 saturated carbocycles. The molecule has 0 unspecified atom stereocenters. The minimum Gasteiger partial charge on any atom is -0.356 e. The summed E-state index contributed by atoms with van der Waals surface area (Å²) in [6.07, 6.45) is 1.41. The van der Waals surface area contributed by atoms with Crippen molar-refractivity contribution in [3.8, 4) is 11.3 Å². The highest BCUT2D eigenvalue weighted by molar-refractivity contribution is 7.71. The van der Waals surface area contributed by atoms with E-state index in [1.54, 1.807) is 6.07 Å². The lowest BCUT2D eigenvalue weighted by atomic mass is 10.0. The molecule has 2 heterocycles. The van der Waals surface area contributed by atoms with Crippen molar-refractivity contribution in [1.82, 2.24) is 25.1 Å². The lowest BCUT2D eigenvalue weighted by Gasteiger charge is -2.08. The molecule has 2 aromatic carbocycles. The minimum atomic E-state index is -0.291. The Morgan fingerprint density at radius 3 is 2.77 bits per heavy atom. The van der Waals surface area contributed by atoms with E-state index >= 15 is 0 Å². The van der Waals surface area contributed by atoms with Crippen LogP contribution in [0.15, 0.2) is 48.5 Å². The first-order valence-corrected chi connectivity index (χ1v) is 10.7. The SMILES string of the molecule is CCn1c(CCNC(=O)CCc2c(-c3ccccc3)[nH]c3ccc(F)cc23)n[nH]c1=S. The number of halogens is 1. The molecule has 0 atom stereocenters. The van der Waals surface area contributed by atoms with Crippen molar-refractivity contribution in [1.29, 1.82) is 0 Å². The fourth-order valence-electron chi connectivity index (χ4n) is 3.84. The number of rotatable bonds is 8. The molecule has 1 amide bonds. The number of aryl methyl sites for hydroxylation is 1. The normalized spacial score (nSPS) is 11.2. The third-order valence-corrected chi connectivity index (χ3v) is 5.67. The van der Waals surface area contributed by atoms with Crippen LogP contribution < -0.4 is 5.32 Å². The first kappa shape index (κ1) is 21.0. The fraction of sp³-hybridized carbons (Fsp3) is 0.261. The average Bonchev–Trinajstić information content (AvgIpc) is 3.32.